The molecule has 2 N–H and O–H groups in total. The highest BCUT2D eigenvalue weighted by Gasteiger charge is 2.16. The van der Waals surface area contributed by atoms with Gasteiger partial charge in [-0.25, -0.2) is 4.57 Å². The predicted molar refractivity (Wildman–Crippen MR) is 33.0 cm³/mol. The van der Waals surface area contributed by atoms with E-state index in [4.69, 9.17) is 9.79 Å². The third-order valence-corrected chi connectivity index (χ3v) is 1.89. The van der Waals surface area contributed by atoms with Crippen molar-refractivity contribution in [3.05, 3.63) is 0 Å². The Kier molecular flexibility index (Phi) is 3.61. The highest BCUT2D eigenvalue weighted by Crippen LogP contribution is 2.37. The summed E-state index contributed by atoms with van der Waals surface area (Å²) < 4.78 is 14.2. The van der Waals surface area contributed by atoms with Crippen LogP contribution in [0, 0.1) is 0 Å². The van der Waals surface area contributed by atoms with Crippen molar-refractivity contribution in [2.75, 3.05) is 0 Å². The minimum Gasteiger partial charge on any atom is -0.303 e. The molecular weight excluding hydrogens is 159 g/mol. The monoisotopic (exact) mass is 167 g/mol. The Labute approximate surface area is 56.9 Å². The first-order valence-corrected chi connectivity index (χ1v) is 4.51. The number of phosphoric ester groups is 1. The molecule has 0 aromatic carbocycles. The molecule has 4 nitrogen and oxygen atoms in total. The van der Waals surface area contributed by atoms with E-state index < -0.39 is 13.5 Å². The number of phosphoric acid groups is 1. The standard InChI is InChI=1S/C3H8O4PSi/c1-2-3(9)7-8(4,5)6/h3H,2H2,1H3,(H2,4,5,6). The summed E-state index contributed by atoms with van der Waals surface area (Å²) in [6, 6.07) is 0. The quantitative estimate of drug-likeness (QED) is 0.458. The molecule has 0 rings (SSSR count). The van der Waals surface area contributed by atoms with Crippen molar-refractivity contribution in [3.8, 4) is 0 Å². The van der Waals surface area contributed by atoms with Gasteiger partial charge >= 0.3 is 7.82 Å². The molecule has 0 aromatic rings. The molecule has 0 amide bonds. The number of rotatable bonds is 3. The van der Waals surface area contributed by atoms with Crippen molar-refractivity contribution < 1.29 is 18.9 Å². The average Bonchev–Trinajstić information content (AvgIpc) is 1.62. The van der Waals surface area contributed by atoms with Crippen molar-refractivity contribution >= 4 is 18.1 Å². The Morgan fingerprint density at radius 3 is 2.33 bits per heavy atom. The Balaban J connectivity index is 3.60. The van der Waals surface area contributed by atoms with Gasteiger partial charge in [0.25, 0.3) is 0 Å². The van der Waals surface area contributed by atoms with Crippen LogP contribution in [0.4, 0.5) is 0 Å². The zero-order valence-corrected chi connectivity index (χ0v) is 6.84. The fraction of sp³-hybridized carbons (Fsp3) is 1.00. The second kappa shape index (κ2) is 3.48. The van der Waals surface area contributed by atoms with Gasteiger partial charge in [0.15, 0.2) is 0 Å². The molecule has 6 heteroatoms. The van der Waals surface area contributed by atoms with Crippen LogP contribution in [0.15, 0.2) is 0 Å². The van der Waals surface area contributed by atoms with Gasteiger partial charge in [-0.2, -0.15) is 0 Å². The van der Waals surface area contributed by atoms with Gasteiger partial charge in [-0.1, -0.05) is 6.92 Å². The van der Waals surface area contributed by atoms with Gasteiger partial charge in [0.05, 0.1) is 16.0 Å². The molecular formula is C3H8O4PSi. The number of hydrogen-bond acceptors (Lipinski definition) is 2. The molecule has 0 aromatic heterocycles. The van der Waals surface area contributed by atoms with E-state index in [2.05, 4.69) is 14.8 Å². The van der Waals surface area contributed by atoms with Crippen molar-refractivity contribution in [1.82, 2.24) is 0 Å². The van der Waals surface area contributed by atoms with Crippen LogP contribution < -0.4 is 0 Å². The van der Waals surface area contributed by atoms with Crippen molar-refractivity contribution in [3.63, 3.8) is 0 Å². The van der Waals surface area contributed by atoms with E-state index >= 15 is 0 Å². The minimum atomic E-state index is -4.29. The van der Waals surface area contributed by atoms with E-state index in [0.717, 1.165) is 0 Å². The summed E-state index contributed by atoms with van der Waals surface area (Å²) in [5, 5.41) is 0. The highest BCUT2D eigenvalue weighted by atomic mass is 31.2. The van der Waals surface area contributed by atoms with Crippen molar-refractivity contribution in [2.45, 2.75) is 19.1 Å². The fourth-order valence-electron chi connectivity index (χ4n) is 0.240. The van der Waals surface area contributed by atoms with Gasteiger partial charge in [0, 0.05) is 0 Å². The average molecular weight is 167 g/mol. The third kappa shape index (κ3) is 6.21. The lowest BCUT2D eigenvalue weighted by atomic mass is 10.5. The lowest BCUT2D eigenvalue weighted by Crippen LogP contribution is -2.08. The zero-order chi connectivity index (χ0) is 7.49. The van der Waals surface area contributed by atoms with Crippen LogP contribution >= 0.6 is 7.82 Å². The molecule has 3 radical (unpaired) electrons. The Hall–Kier alpha value is 0.327. The van der Waals surface area contributed by atoms with Crippen molar-refractivity contribution in [1.29, 1.82) is 0 Å². The third-order valence-electron chi connectivity index (χ3n) is 0.635. The molecule has 0 heterocycles. The first kappa shape index (κ1) is 9.33. The van der Waals surface area contributed by atoms with Gasteiger partial charge in [-0.3, -0.25) is 4.52 Å². The van der Waals surface area contributed by atoms with E-state index in [1.54, 1.807) is 6.92 Å². The highest BCUT2D eigenvalue weighted by molar-refractivity contribution is 7.46. The number of hydrogen-bond donors (Lipinski definition) is 2. The normalized spacial score (nSPS) is 15.6. The van der Waals surface area contributed by atoms with Crippen LogP contribution in [-0.4, -0.2) is 25.8 Å². The minimum absolute atomic E-state index is 0.516. The van der Waals surface area contributed by atoms with Gasteiger partial charge in [-0.05, 0) is 6.42 Å². The Bertz CT molecular complexity index is 121. The first-order chi connectivity index (χ1) is 3.95. The Morgan fingerprint density at radius 1 is 1.78 bits per heavy atom. The summed E-state index contributed by atoms with van der Waals surface area (Å²) in [5.74, 6) is 0. The summed E-state index contributed by atoms with van der Waals surface area (Å²) in [7, 11) is -1.34. The molecule has 0 aliphatic rings. The maximum atomic E-state index is 10.0. The van der Waals surface area contributed by atoms with Crippen LogP contribution in [0.1, 0.15) is 13.3 Å². The van der Waals surface area contributed by atoms with Crippen LogP contribution in [-0.2, 0) is 9.09 Å². The molecule has 1 atom stereocenters. The largest absolute Gasteiger partial charge is 0.469 e. The molecule has 53 valence electrons. The predicted octanol–water partition coefficient (Wildman–Crippen LogP) is 0.000300. The zero-order valence-electron chi connectivity index (χ0n) is 4.94. The summed E-state index contributed by atoms with van der Waals surface area (Å²) in [6.07, 6.45) is 0.516. The second-order valence-corrected chi connectivity index (χ2v) is 3.33. The maximum absolute atomic E-state index is 10.0. The van der Waals surface area contributed by atoms with Crippen LogP contribution in [0.3, 0.4) is 0 Å². The van der Waals surface area contributed by atoms with E-state index in [1.165, 1.54) is 0 Å². The van der Waals surface area contributed by atoms with Crippen LogP contribution in [0.5, 0.6) is 0 Å². The van der Waals surface area contributed by atoms with E-state index in [9.17, 15) is 4.57 Å². The molecule has 1 unspecified atom stereocenters. The topological polar surface area (TPSA) is 66.8 Å². The van der Waals surface area contributed by atoms with Crippen LogP contribution in [0.25, 0.3) is 0 Å². The lowest BCUT2D eigenvalue weighted by Gasteiger charge is -2.09. The maximum Gasteiger partial charge on any atom is 0.469 e. The molecule has 0 aliphatic carbocycles. The lowest BCUT2D eigenvalue weighted by molar-refractivity contribution is 0.176. The van der Waals surface area contributed by atoms with Crippen molar-refractivity contribution in [2.24, 2.45) is 0 Å². The van der Waals surface area contributed by atoms with Gasteiger partial charge in [0.2, 0.25) is 0 Å². The SMILES string of the molecule is CCC([Si])OP(=O)(O)O. The van der Waals surface area contributed by atoms with Gasteiger partial charge in [-0.15, -0.1) is 0 Å². The van der Waals surface area contributed by atoms with Gasteiger partial charge < -0.3 is 9.79 Å². The fourth-order valence-corrected chi connectivity index (χ4v) is 1.13. The summed E-state index contributed by atoms with van der Waals surface area (Å²) in [6.45, 7) is 1.74. The van der Waals surface area contributed by atoms with E-state index in [1.807, 2.05) is 0 Å². The molecule has 0 saturated carbocycles. The van der Waals surface area contributed by atoms with E-state index in [-0.39, 0.29) is 0 Å². The summed E-state index contributed by atoms with van der Waals surface area (Å²) >= 11 is 0. The summed E-state index contributed by atoms with van der Waals surface area (Å²) in [5.41, 5.74) is -0.564. The smallest absolute Gasteiger partial charge is 0.303 e. The molecule has 9 heavy (non-hydrogen) atoms. The molecule has 0 spiro atoms. The second-order valence-electron chi connectivity index (χ2n) is 1.49. The van der Waals surface area contributed by atoms with Crippen LogP contribution in [0.2, 0.25) is 0 Å². The molecule has 0 aliphatic heterocycles. The van der Waals surface area contributed by atoms with Gasteiger partial charge in [0.1, 0.15) is 0 Å². The first-order valence-electron chi connectivity index (χ1n) is 2.40. The molecule has 0 fully saturated rings. The molecule has 0 bridgehead atoms. The summed E-state index contributed by atoms with van der Waals surface area (Å²) in [4.78, 5) is 16.4. The molecule has 0 saturated heterocycles. The Morgan fingerprint density at radius 2 is 2.22 bits per heavy atom. The van der Waals surface area contributed by atoms with E-state index in [0.29, 0.717) is 6.42 Å².